The normalized spacial score (nSPS) is 14.8. The number of anilines is 1. The molecular formula is C39H61N3O3S. The molecular weight excluding hydrogens is 591 g/mol. The number of carbonyl (C=O) groups is 2. The average Bonchev–Trinajstić information content (AvgIpc) is 3.60. The van der Waals surface area contributed by atoms with Crippen molar-refractivity contribution in [3.63, 3.8) is 0 Å². The van der Waals surface area contributed by atoms with Crippen LogP contribution in [-0.4, -0.2) is 41.2 Å². The third-order valence-corrected chi connectivity index (χ3v) is 10.0. The van der Waals surface area contributed by atoms with Crippen molar-refractivity contribution in [2.75, 3.05) is 18.0 Å². The molecule has 2 heterocycles. The zero-order valence-corrected chi connectivity index (χ0v) is 29.6. The van der Waals surface area contributed by atoms with Gasteiger partial charge in [0.05, 0.1) is 16.8 Å². The van der Waals surface area contributed by atoms with Crippen molar-refractivity contribution >= 4 is 38.7 Å². The Labute approximate surface area is 283 Å². The maximum atomic E-state index is 13.6. The van der Waals surface area contributed by atoms with E-state index in [1.54, 1.807) is 9.80 Å². The number of aromatic nitrogens is 1. The minimum absolute atomic E-state index is 0.131. The van der Waals surface area contributed by atoms with E-state index in [0.29, 0.717) is 24.6 Å². The number of fused-ring (bicyclic) bond motifs is 1. The van der Waals surface area contributed by atoms with Crippen molar-refractivity contribution < 1.29 is 14.3 Å². The number of benzene rings is 1. The fourth-order valence-corrected chi connectivity index (χ4v) is 7.20. The van der Waals surface area contributed by atoms with E-state index in [-0.39, 0.29) is 12.0 Å². The first-order valence-corrected chi connectivity index (χ1v) is 19.3. The molecule has 1 unspecified atom stereocenters. The largest absolute Gasteiger partial charge is 0.439 e. The summed E-state index contributed by atoms with van der Waals surface area (Å²) in [6.45, 7) is 10.9. The van der Waals surface area contributed by atoms with Crippen LogP contribution in [0.1, 0.15) is 147 Å². The number of esters is 1. The molecule has 0 spiro atoms. The van der Waals surface area contributed by atoms with Crippen LogP contribution in [0.3, 0.4) is 0 Å². The van der Waals surface area contributed by atoms with Gasteiger partial charge in [-0.15, -0.1) is 13.2 Å². The molecule has 0 aliphatic carbocycles. The van der Waals surface area contributed by atoms with Crippen molar-refractivity contribution in [2.24, 2.45) is 0 Å². The van der Waals surface area contributed by atoms with Gasteiger partial charge in [-0.25, -0.2) is 14.7 Å². The van der Waals surface area contributed by atoms with Crippen molar-refractivity contribution in [2.45, 2.75) is 154 Å². The smallest absolute Gasteiger partial charge is 0.329 e. The van der Waals surface area contributed by atoms with Crippen LogP contribution in [0.15, 0.2) is 43.5 Å². The number of carbonyl (C=O) groups excluding carboxylic acids is 2. The first kappa shape index (κ1) is 37.8. The Kier molecular flexibility index (Phi) is 18.7. The average molecular weight is 652 g/mol. The second kappa shape index (κ2) is 22.8. The summed E-state index contributed by atoms with van der Waals surface area (Å²) in [5.74, 6) is -0.225. The summed E-state index contributed by atoms with van der Waals surface area (Å²) in [5, 5.41) is 0.599. The summed E-state index contributed by atoms with van der Waals surface area (Å²) in [6.07, 6.45) is 28.8. The number of nitrogens with zero attached hydrogens (tertiary/aromatic N) is 3. The van der Waals surface area contributed by atoms with Gasteiger partial charge < -0.3 is 9.64 Å². The lowest BCUT2D eigenvalue weighted by molar-refractivity contribution is -0.148. The lowest BCUT2D eigenvalue weighted by Crippen LogP contribution is -2.37. The maximum absolute atomic E-state index is 13.6. The minimum atomic E-state index is -0.650. The maximum Gasteiger partial charge on any atom is 0.329 e. The van der Waals surface area contributed by atoms with Crippen molar-refractivity contribution in [3.8, 4) is 0 Å². The van der Waals surface area contributed by atoms with Gasteiger partial charge in [-0.3, -0.25) is 4.79 Å². The predicted molar refractivity (Wildman–Crippen MR) is 196 cm³/mol. The molecule has 1 aliphatic heterocycles. The molecule has 1 saturated heterocycles. The van der Waals surface area contributed by atoms with E-state index in [0.717, 1.165) is 61.6 Å². The number of hydrogen-bond acceptors (Lipinski definition) is 5. The van der Waals surface area contributed by atoms with E-state index in [2.05, 4.69) is 38.3 Å². The van der Waals surface area contributed by atoms with Gasteiger partial charge >= 0.3 is 12.0 Å². The van der Waals surface area contributed by atoms with Gasteiger partial charge in [0.15, 0.2) is 5.13 Å². The quantitative estimate of drug-likeness (QED) is 0.0548. The number of aryl methyl sites for hydroxylation is 1. The SMILES string of the molecule is C=CCCCCN1CC(OC(=O)CCCCCCCCCCCCCCCCC)N(c2nc3cc(CCCC=C)ccc3s2)C1=O. The van der Waals surface area contributed by atoms with Crippen LogP contribution in [0.25, 0.3) is 10.2 Å². The fraction of sp³-hybridized carbons (Fsp3) is 0.667. The molecule has 0 bridgehead atoms. The zero-order valence-electron chi connectivity index (χ0n) is 28.8. The van der Waals surface area contributed by atoms with E-state index in [4.69, 9.17) is 9.72 Å². The van der Waals surface area contributed by atoms with Gasteiger partial charge in [0.25, 0.3) is 0 Å². The number of thiazole rings is 1. The molecule has 0 radical (unpaired) electrons. The lowest BCUT2D eigenvalue weighted by Gasteiger charge is -2.20. The molecule has 0 N–H and O–H groups in total. The highest BCUT2D eigenvalue weighted by molar-refractivity contribution is 7.22. The highest BCUT2D eigenvalue weighted by Crippen LogP contribution is 2.34. The highest BCUT2D eigenvalue weighted by Gasteiger charge is 2.42. The van der Waals surface area contributed by atoms with Crippen LogP contribution in [0.5, 0.6) is 0 Å². The summed E-state index contributed by atoms with van der Waals surface area (Å²) in [6, 6.07) is 6.21. The van der Waals surface area contributed by atoms with Crippen LogP contribution < -0.4 is 4.90 Å². The number of hydrogen-bond donors (Lipinski definition) is 0. The van der Waals surface area contributed by atoms with Crippen LogP contribution in [0.4, 0.5) is 9.93 Å². The van der Waals surface area contributed by atoms with E-state index < -0.39 is 6.23 Å². The minimum Gasteiger partial charge on any atom is -0.439 e. The Morgan fingerprint density at radius 3 is 2.11 bits per heavy atom. The van der Waals surface area contributed by atoms with Crippen LogP contribution in [0, 0.1) is 0 Å². The summed E-state index contributed by atoms with van der Waals surface area (Å²) in [5.41, 5.74) is 2.12. The Balaban J connectivity index is 1.42. The van der Waals surface area contributed by atoms with Gasteiger partial charge in [0.2, 0.25) is 6.23 Å². The van der Waals surface area contributed by atoms with Gasteiger partial charge in [-0.05, 0) is 62.6 Å². The second-order valence-electron chi connectivity index (χ2n) is 13.0. The summed E-state index contributed by atoms with van der Waals surface area (Å²) >= 11 is 1.49. The Morgan fingerprint density at radius 2 is 1.48 bits per heavy atom. The number of unbranched alkanes of at least 4 members (excludes halogenated alkanes) is 17. The molecule has 1 fully saturated rings. The summed E-state index contributed by atoms with van der Waals surface area (Å²) < 4.78 is 7.01. The van der Waals surface area contributed by atoms with E-state index in [1.165, 1.54) is 100 Å². The molecule has 1 aliphatic rings. The summed E-state index contributed by atoms with van der Waals surface area (Å²) in [4.78, 5) is 34.8. The third kappa shape index (κ3) is 13.6. The third-order valence-electron chi connectivity index (χ3n) is 9.00. The molecule has 2 amide bonds. The van der Waals surface area contributed by atoms with E-state index in [9.17, 15) is 9.59 Å². The topological polar surface area (TPSA) is 62.7 Å². The lowest BCUT2D eigenvalue weighted by atomic mass is 10.0. The number of rotatable bonds is 27. The Morgan fingerprint density at radius 1 is 0.870 bits per heavy atom. The van der Waals surface area contributed by atoms with Crippen molar-refractivity contribution in [1.29, 1.82) is 0 Å². The van der Waals surface area contributed by atoms with Crippen molar-refractivity contribution in [3.05, 3.63) is 49.1 Å². The number of amides is 2. The van der Waals surface area contributed by atoms with E-state index in [1.807, 2.05) is 12.2 Å². The zero-order chi connectivity index (χ0) is 32.8. The van der Waals surface area contributed by atoms with Gasteiger partial charge in [0.1, 0.15) is 0 Å². The Bertz CT molecular complexity index is 1180. The number of urea groups is 1. The van der Waals surface area contributed by atoms with Gasteiger partial charge in [-0.2, -0.15) is 0 Å². The number of allylic oxidation sites excluding steroid dienone is 2. The molecule has 0 saturated carbocycles. The van der Waals surface area contributed by atoms with E-state index >= 15 is 0 Å². The molecule has 6 nitrogen and oxygen atoms in total. The van der Waals surface area contributed by atoms with Crippen molar-refractivity contribution in [1.82, 2.24) is 9.88 Å². The number of ether oxygens (including phenoxy) is 1. The van der Waals surface area contributed by atoms with Gasteiger partial charge in [0, 0.05) is 13.0 Å². The van der Waals surface area contributed by atoms with Crippen LogP contribution >= 0.6 is 11.3 Å². The molecule has 1 aromatic heterocycles. The Hall–Kier alpha value is -2.67. The first-order valence-electron chi connectivity index (χ1n) is 18.5. The van der Waals surface area contributed by atoms with Gasteiger partial charge in [-0.1, -0.05) is 126 Å². The monoisotopic (exact) mass is 651 g/mol. The second-order valence-corrected chi connectivity index (χ2v) is 14.0. The predicted octanol–water partition coefficient (Wildman–Crippen LogP) is 11.5. The molecule has 2 aromatic rings. The van der Waals surface area contributed by atoms with Crippen LogP contribution in [-0.2, 0) is 16.0 Å². The molecule has 46 heavy (non-hydrogen) atoms. The standard InChI is InChI=1S/C39H61N3O3S/c1-4-7-10-12-13-14-15-16-17-18-19-20-21-22-24-27-37(43)45-36-32-41(30-25-11-8-5-2)39(44)42(36)38-40-34-31-33(26-23-9-6-3)28-29-35(34)46-38/h5-6,28-29,31,36H,2-4,7-27,30,32H2,1H3. The van der Waals surface area contributed by atoms with Crippen LogP contribution in [0.2, 0.25) is 0 Å². The molecule has 1 aromatic carbocycles. The molecule has 3 rings (SSSR count). The molecule has 7 heteroatoms. The molecule has 256 valence electrons. The highest BCUT2D eigenvalue weighted by atomic mass is 32.1. The summed E-state index contributed by atoms with van der Waals surface area (Å²) in [7, 11) is 0. The fourth-order valence-electron chi connectivity index (χ4n) is 6.22. The molecule has 1 atom stereocenters. The first-order chi connectivity index (χ1) is 22.6.